The van der Waals surface area contributed by atoms with Crippen LogP contribution in [0.4, 0.5) is 0 Å². The molecule has 2 fully saturated rings. The van der Waals surface area contributed by atoms with E-state index in [1.54, 1.807) is 7.11 Å². The minimum atomic E-state index is -0.838. The van der Waals surface area contributed by atoms with Crippen LogP contribution in [-0.4, -0.2) is 48.0 Å². The second kappa shape index (κ2) is 4.95. The first-order valence-electron chi connectivity index (χ1n) is 4.93. The molecule has 0 spiro atoms. The van der Waals surface area contributed by atoms with Gasteiger partial charge in [-0.3, -0.25) is 0 Å². The third kappa shape index (κ3) is 2.27. The minimum Gasteiger partial charge on any atom is -0.390 e. The Labute approximate surface area is 95.0 Å². The van der Waals surface area contributed by atoms with Gasteiger partial charge in [0.25, 0.3) is 0 Å². The summed E-state index contributed by atoms with van der Waals surface area (Å²) < 4.78 is 10.6. The van der Waals surface area contributed by atoms with Crippen LogP contribution in [-0.2, 0) is 9.47 Å². The number of ether oxygens (including phenoxy) is 2. The largest absolute Gasteiger partial charge is 0.390 e. The Morgan fingerprint density at radius 1 is 1.33 bits per heavy atom. The Balaban J connectivity index is 0.00000112. The lowest BCUT2D eigenvalue weighted by atomic mass is 9.79. The van der Waals surface area contributed by atoms with Gasteiger partial charge >= 0.3 is 0 Å². The standard InChI is InChI=1S/C9H17NO4.ClH/c1-13-7-2-4-6(14-7)3-5(11)9(12)8(4)10;/h4-9,11-12H,2-3,10H2,1H3;1H. The molecule has 6 atom stereocenters. The zero-order chi connectivity index (χ0) is 10.3. The maximum absolute atomic E-state index is 9.58. The molecule has 1 heterocycles. The number of halogens is 1. The highest BCUT2D eigenvalue weighted by atomic mass is 35.5. The van der Waals surface area contributed by atoms with Gasteiger partial charge in [0.05, 0.1) is 18.3 Å². The highest BCUT2D eigenvalue weighted by Crippen LogP contribution is 2.37. The first kappa shape index (κ1) is 13.2. The molecule has 0 bridgehead atoms. The third-order valence-electron chi connectivity index (χ3n) is 3.29. The summed E-state index contributed by atoms with van der Waals surface area (Å²) >= 11 is 0. The molecule has 90 valence electrons. The molecule has 2 rings (SSSR count). The quantitative estimate of drug-likeness (QED) is 0.560. The van der Waals surface area contributed by atoms with Crippen molar-refractivity contribution in [3.63, 3.8) is 0 Å². The summed E-state index contributed by atoms with van der Waals surface area (Å²) in [5.41, 5.74) is 5.83. The number of hydrogen-bond acceptors (Lipinski definition) is 5. The number of hydrogen-bond donors (Lipinski definition) is 3. The third-order valence-corrected chi connectivity index (χ3v) is 3.29. The van der Waals surface area contributed by atoms with Crippen molar-refractivity contribution < 1.29 is 19.7 Å². The number of aliphatic hydroxyl groups is 2. The van der Waals surface area contributed by atoms with Crippen LogP contribution < -0.4 is 5.73 Å². The van der Waals surface area contributed by atoms with Crippen LogP contribution in [0.1, 0.15) is 12.8 Å². The van der Waals surface area contributed by atoms with Gasteiger partial charge in [-0.25, -0.2) is 0 Å². The maximum atomic E-state index is 9.58. The molecule has 15 heavy (non-hydrogen) atoms. The van der Waals surface area contributed by atoms with Gasteiger partial charge in [0, 0.05) is 31.9 Å². The Bertz CT molecular complexity index is 218. The molecule has 0 radical (unpaired) electrons. The molecule has 1 saturated carbocycles. The fraction of sp³-hybridized carbons (Fsp3) is 1.00. The van der Waals surface area contributed by atoms with Gasteiger partial charge in [-0.15, -0.1) is 12.4 Å². The van der Waals surface area contributed by atoms with Gasteiger partial charge < -0.3 is 25.4 Å². The molecule has 0 aromatic rings. The highest BCUT2D eigenvalue weighted by Gasteiger charge is 2.47. The molecule has 1 aliphatic heterocycles. The first-order chi connectivity index (χ1) is 6.63. The Morgan fingerprint density at radius 2 is 2.00 bits per heavy atom. The molecule has 0 amide bonds. The number of rotatable bonds is 1. The average molecular weight is 240 g/mol. The summed E-state index contributed by atoms with van der Waals surface area (Å²) in [6.45, 7) is 0. The fourth-order valence-electron chi connectivity index (χ4n) is 2.40. The molecule has 0 aromatic heterocycles. The van der Waals surface area contributed by atoms with E-state index in [4.69, 9.17) is 15.2 Å². The predicted molar refractivity (Wildman–Crippen MR) is 55.6 cm³/mol. The van der Waals surface area contributed by atoms with Gasteiger partial charge in [0.15, 0.2) is 6.29 Å². The van der Waals surface area contributed by atoms with E-state index in [0.717, 1.165) is 0 Å². The van der Waals surface area contributed by atoms with Crippen LogP contribution in [0.25, 0.3) is 0 Å². The number of aliphatic hydroxyl groups excluding tert-OH is 2. The van der Waals surface area contributed by atoms with Crippen molar-refractivity contribution >= 4 is 12.4 Å². The highest BCUT2D eigenvalue weighted by molar-refractivity contribution is 5.85. The smallest absolute Gasteiger partial charge is 0.158 e. The summed E-state index contributed by atoms with van der Waals surface area (Å²) in [7, 11) is 1.58. The molecular weight excluding hydrogens is 222 g/mol. The van der Waals surface area contributed by atoms with E-state index in [9.17, 15) is 10.2 Å². The molecular formula is C9H18ClNO4. The van der Waals surface area contributed by atoms with E-state index in [-0.39, 0.29) is 30.7 Å². The maximum Gasteiger partial charge on any atom is 0.158 e. The normalized spacial score (nSPS) is 49.6. The molecule has 1 saturated heterocycles. The lowest BCUT2D eigenvalue weighted by molar-refractivity contribution is -0.139. The zero-order valence-corrected chi connectivity index (χ0v) is 9.39. The van der Waals surface area contributed by atoms with Crippen molar-refractivity contribution in [1.82, 2.24) is 0 Å². The second-order valence-electron chi connectivity index (χ2n) is 4.11. The van der Waals surface area contributed by atoms with Crippen LogP contribution >= 0.6 is 12.4 Å². The Kier molecular flexibility index (Phi) is 4.34. The zero-order valence-electron chi connectivity index (χ0n) is 8.57. The topological polar surface area (TPSA) is 84.9 Å². The predicted octanol–water partition coefficient (Wildman–Crippen LogP) is -0.761. The van der Waals surface area contributed by atoms with Crippen LogP contribution in [0.3, 0.4) is 0 Å². The summed E-state index contributed by atoms with van der Waals surface area (Å²) in [4.78, 5) is 0. The van der Waals surface area contributed by atoms with E-state index in [2.05, 4.69) is 0 Å². The number of fused-ring (bicyclic) bond motifs is 1. The summed E-state index contributed by atoms with van der Waals surface area (Å²) in [5.74, 6) is 0.0957. The molecule has 0 aromatic carbocycles. The summed E-state index contributed by atoms with van der Waals surface area (Å²) in [6.07, 6.45) is -0.787. The second-order valence-corrected chi connectivity index (χ2v) is 4.11. The lowest BCUT2D eigenvalue weighted by Crippen LogP contribution is -2.55. The van der Waals surface area contributed by atoms with E-state index in [1.807, 2.05) is 0 Å². The molecule has 1 aliphatic carbocycles. The number of nitrogens with two attached hydrogens (primary N) is 1. The van der Waals surface area contributed by atoms with Crippen LogP contribution in [0.15, 0.2) is 0 Å². The van der Waals surface area contributed by atoms with Crippen molar-refractivity contribution in [2.45, 2.75) is 43.5 Å². The molecule has 2 aliphatic rings. The molecule has 6 unspecified atom stereocenters. The fourth-order valence-corrected chi connectivity index (χ4v) is 2.40. The van der Waals surface area contributed by atoms with Gasteiger partial charge in [0.2, 0.25) is 0 Å². The van der Waals surface area contributed by atoms with Crippen molar-refractivity contribution in [3.8, 4) is 0 Å². The lowest BCUT2D eigenvalue weighted by Gasteiger charge is -2.37. The van der Waals surface area contributed by atoms with Crippen LogP contribution in [0.5, 0.6) is 0 Å². The first-order valence-corrected chi connectivity index (χ1v) is 4.93. The average Bonchev–Trinajstić information content (AvgIpc) is 2.57. The minimum absolute atomic E-state index is 0. The SMILES string of the molecule is COC1CC2C(CC(O)C(O)C2N)O1.Cl. The monoisotopic (exact) mass is 239 g/mol. The van der Waals surface area contributed by atoms with E-state index in [0.29, 0.717) is 12.8 Å². The van der Waals surface area contributed by atoms with Crippen LogP contribution in [0.2, 0.25) is 0 Å². The summed E-state index contributed by atoms with van der Waals surface area (Å²) in [5, 5.41) is 19.1. The van der Waals surface area contributed by atoms with E-state index < -0.39 is 18.2 Å². The van der Waals surface area contributed by atoms with Gasteiger partial charge in [-0.1, -0.05) is 0 Å². The van der Waals surface area contributed by atoms with Gasteiger partial charge in [0.1, 0.15) is 0 Å². The Morgan fingerprint density at radius 3 is 2.60 bits per heavy atom. The van der Waals surface area contributed by atoms with E-state index >= 15 is 0 Å². The molecule has 5 nitrogen and oxygen atoms in total. The van der Waals surface area contributed by atoms with Crippen molar-refractivity contribution in [1.29, 1.82) is 0 Å². The Hall–Kier alpha value is 0.0900. The summed E-state index contributed by atoms with van der Waals surface area (Å²) in [6, 6.07) is -0.413. The molecule has 4 N–H and O–H groups in total. The molecule has 6 heteroatoms. The number of methoxy groups -OCH3 is 1. The van der Waals surface area contributed by atoms with E-state index in [1.165, 1.54) is 0 Å². The van der Waals surface area contributed by atoms with Gasteiger partial charge in [-0.05, 0) is 0 Å². The van der Waals surface area contributed by atoms with Crippen LogP contribution in [0, 0.1) is 5.92 Å². The van der Waals surface area contributed by atoms with Crippen molar-refractivity contribution in [2.75, 3.05) is 7.11 Å². The van der Waals surface area contributed by atoms with Crippen molar-refractivity contribution in [3.05, 3.63) is 0 Å². The van der Waals surface area contributed by atoms with Crippen molar-refractivity contribution in [2.24, 2.45) is 11.7 Å². The van der Waals surface area contributed by atoms with Gasteiger partial charge in [-0.2, -0.15) is 0 Å².